The molecule has 0 aromatic rings. The van der Waals surface area contributed by atoms with Crippen molar-refractivity contribution in [3.63, 3.8) is 0 Å². The van der Waals surface area contributed by atoms with Crippen molar-refractivity contribution in [2.75, 3.05) is 13.2 Å². The Morgan fingerprint density at radius 2 is 0.885 bits per heavy atom. The van der Waals surface area contributed by atoms with Crippen LogP contribution in [0, 0.1) is 23.7 Å². The molecule has 0 radical (unpaired) electrons. The molecule has 0 aromatic heterocycles. The second-order valence-corrected chi connectivity index (χ2v) is 8.82. The third-order valence-electron chi connectivity index (χ3n) is 6.77. The summed E-state index contributed by atoms with van der Waals surface area (Å²) in [6.45, 7) is 1.17. The van der Waals surface area contributed by atoms with E-state index in [9.17, 15) is 9.59 Å². The molecule has 0 bridgehead atoms. The predicted molar refractivity (Wildman–Crippen MR) is 101 cm³/mol. The Bertz CT molecular complexity index is 399. The number of ether oxygens (including phenoxy) is 2. The van der Waals surface area contributed by atoms with E-state index in [4.69, 9.17) is 9.47 Å². The molecule has 0 unspecified atom stereocenters. The summed E-state index contributed by atoms with van der Waals surface area (Å²) in [4.78, 5) is 24.3. The summed E-state index contributed by atoms with van der Waals surface area (Å²) in [5, 5.41) is 0. The molecule has 0 amide bonds. The molecular weight excluding hydrogens is 328 g/mol. The minimum absolute atomic E-state index is 0.0354. The van der Waals surface area contributed by atoms with Gasteiger partial charge in [-0.3, -0.25) is 9.59 Å². The van der Waals surface area contributed by atoms with Crippen molar-refractivity contribution < 1.29 is 19.1 Å². The van der Waals surface area contributed by atoms with Crippen LogP contribution in [0.3, 0.4) is 0 Å². The van der Waals surface area contributed by atoms with Crippen LogP contribution in [-0.4, -0.2) is 25.2 Å². The molecule has 4 nitrogen and oxygen atoms in total. The van der Waals surface area contributed by atoms with Crippen LogP contribution in [0.25, 0.3) is 0 Å². The van der Waals surface area contributed by atoms with Gasteiger partial charge in [0.05, 0.1) is 25.0 Å². The Hall–Kier alpha value is -1.06. The lowest BCUT2D eigenvalue weighted by molar-refractivity contribution is -0.153. The molecule has 4 heteroatoms. The summed E-state index contributed by atoms with van der Waals surface area (Å²) in [6.07, 6.45) is 15.6. The molecule has 0 atom stereocenters. The maximum Gasteiger partial charge on any atom is 0.308 e. The fourth-order valence-electron chi connectivity index (χ4n) is 4.88. The zero-order valence-electron chi connectivity index (χ0n) is 16.3. The Morgan fingerprint density at radius 3 is 1.23 bits per heavy atom. The van der Waals surface area contributed by atoms with Gasteiger partial charge in [0.2, 0.25) is 0 Å². The fourth-order valence-corrected chi connectivity index (χ4v) is 4.88. The zero-order chi connectivity index (χ0) is 18.2. The van der Waals surface area contributed by atoms with Gasteiger partial charge >= 0.3 is 11.9 Å². The van der Waals surface area contributed by atoms with Crippen molar-refractivity contribution in [2.45, 2.75) is 89.9 Å². The van der Waals surface area contributed by atoms with E-state index < -0.39 is 0 Å². The minimum atomic E-state index is 0.0354. The summed E-state index contributed by atoms with van der Waals surface area (Å²) < 4.78 is 11.2. The number of hydrogen-bond acceptors (Lipinski definition) is 4. The highest BCUT2D eigenvalue weighted by Gasteiger charge is 2.27. The number of carbonyl (C=O) groups excluding carboxylic acids is 2. The van der Waals surface area contributed by atoms with E-state index >= 15 is 0 Å². The van der Waals surface area contributed by atoms with Crippen LogP contribution >= 0.6 is 0 Å². The van der Waals surface area contributed by atoms with Crippen LogP contribution in [0.2, 0.25) is 0 Å². The largest absolute Gasteiger partial charge is 0.465 e. The van der Waals surface area contributed by atoms with Gasteiger partial charge in [-0.2, -0.15) is 0 Å². The molecule has 0 aromatic carbocycles. The second kappa shape index (κ2) is 10.3. The normalized spacial score (nSPS) is 28.5. The van der Waals surface area contributed by atoms with Gasteiger partial charge in [-0.25, -0.2) is 0 Å². The lowest BCUT2D eigenvalue weighted by Crippen LogP contribution is -2.27. The van der Waals surface area contributed by atoms with E-state index in [-0.39, 0.29) is 23.8 Å². The summed E-state index contributed by atoms with van der Waals surface area (Å²) in [5.74, 6) is 1.36. The van der Waals surface area contributed by atoms with Gasteiger partial charge in [-0.15, -0.1) is 0 Å². The number of rotatable bonds is 6. The molecule has 3 saturated carbocycles. The summed E-state index contributed by atoms with van der Waals surface area (Å²) >= 11 is 0. The van der Waals surface area contributed by atoms with E-state index in [1.165, 1.54) is 38.5 Å². The first-order valence-corrected chi connectivity index (χ1v) is 11.1. The molecule has 3 aliphatic rings. The van der Waals surface area contributed by atoms with Gasteiger partial charge < -0.3 is 9.47 Å². The predicted octanol–water partition coefficient (Wildman–Crippen LogP) is 5.04. The fraction of sp³-hybridized carbons (Fsp3) is 0.909. The third kappa shape index (κ3) is 5.99. The lowest BCUT2D eigenvalue weighted by Gasteiger charge is -2.29. The van der Waals surface area contributed by atoms with Gasteiger partial charge in [-0.05, 0) is 63.2 Å². The van der Waals surface area contributed by atoms with Crippen LogP contribution in [0.4, 0.5) is 0 Å². The van der Waals surface area contributed by atoms with Gasteiger partial charge in [0.15, 0.2) is 0 Å². The van der Waals surface area contributed by atoms with E-state index in [2.05, 4.69) is 0 Å². The van der Waals surface area contributed by atoms with Crippen LogP contribution in [0.5, 0.6) is 0 Å². The Labute approximate surface area is 158 Å². The first-order chi connectivity index (χ1) is 12.7. The zero-order valence-corrected chi connectivity index (χ0v) is 16.3. The van der Waals surface area contributed by atoms with Gasteiger partial charge in [0.25, 0.3) is 0 Å². The molecule has 0 aliphatic heterocycles. The smallest absolute Gasteiger partial charge is 0.308 e. The molecular formula is C22H36O4. The van der Waals surface area contributed by atoms with Crippen molar-refractivity contribution in [3.8, 4) is 0 Å². The molecule has 0 spiro atoms. The topological polar surface area (TPSA) is 52.6 Å². The van der Waals surface area contributed by atoms with Gasteiger partial charge in [0, 0.05) is 0 Å². The molecule has 3 rings (SSSR count). The van der Waals surface area contributed by atoms with E-state index in [1.54, 1.807) is 0 Å². The standard InChI is InChI=1S/C22H36O4/c23-21(19-7-3-1-4-8-19)25-15-17-11-13-18(14-12-17)16-26-22(24)20-9-5-2-6-10-20/h17-20H,1-16H2. The number of carbonyl (C=O) groups is 2. The van der Waals surface area contributed by atoms with Crippen molar-refractivity contribution in [1.82, 2.24) is 0 Å². The molecule has 0 heterocycles. The van der Waals surface area contributed by atoms with Crippen LogP contribution < -0.4 is 0 Å². The Kier molecular flexibility index (Phi) is 7.82. The van der Waals surface area contributed by atoms with E-state index in [1.807, 2.05) is 0 Å². The highest BCUT2D eigenvalue weighted by atomic mass is 16.5. The third-order valence-corrected chi connectivity index (χ3v) is 6.77. The highest BCUT2D eigenvalue weighted by molar-refractivity contribution is 5.72. The lowest BCUT2D eigenvalue weighted by atomic mass is 9.82. The molecule has 148 valence electrons. The van der Waals surface area contributed by atoms with Crippen LogP contribution in [-0.2, 0) is 19.1 Å². The number of esters is 2. The molecule has 0 saturated heterocycles. The summed E-state index contributed by atoms with van der Waals surface area (Å²) in [7, 11) is 0. The quantitative estimate of drug-likeness (QED) is 0.620. The summed E-state index contributed by atoms with van der Waals surface area (Å²) in [6, 6.07) is 0. The SMILES string of the molecule is O=C(OCC1CCC(COC(=O)C2CCCCC2)CC1)C1CCCCC1. The average Bonchev–Trinajstić information content (AvgIpc) is 2.72. The highest BCUT2D eigenvalue weighted by Crippen LogP contribution is 2.31. The van der Waals surface area contributed by atoms with E-state index in [0.717, 1.165) is 51.4 Å². The average molecular weight is 365 g/mol. The first kappa shape index (κ1) is 19.7. The minimum Gasteiger partial charge on any atom is -0.465 e. The molecule has 3 aliphatic carbocycles. The first-order valence-electron chi connectivity index (χ1n) is 11.1. The van der Waals surface area contributed by atoms with E-state index in [0.29, 0.717) is 25.0 Å². The molecule has 0 N–H and O–H groups in total. The number of hydrogen-bond donors (Lipinski definition) is 0. The summed E-state index contributed by atoms with van der Waals surface area (Å²) in [5.41, 5.74) is 0. The van der Waals surface area contributed by atoms with Crippen LogP contribution in [0.1, 0.15) is 89.9 Å². The van der Waals surface area contributed by atoms with Gasteiger partial charge in [0.1, 0.15) is 0 Å². The maximum absolute atomic E-state index is 12.2. The second-order valence-electron chi connectivity index (χ2n) is 8.82. The Balaban J connectivity index is 1.27. The van der Waals surface area contributed by atoms with Crippen LogP contribution in [0.15, 0.2) is 0 Å². The molecule has 3 fully saturated rings. The Morgan fingerprint density at radius 1 is 0.538 bits per heavy atom. The van der Waals surface area contributed by atoms with Crippen molar-refractivity contribution >= 4 is 11.9 Å². The van der Waals surface area contributed by atoms with Crippen molar-refractivity contribution in [1.29, 1.82) is 0 Å². The monoisotopic (exact) mass is 364 g/mol. The molecule has 26 heavy (non-hydrogen) atoms. The maximum atomic E-state index is 12.2. The van der Waals surface area contributed by atoms with Crippen molar-refractivity contribution in [2.24, 2.45) is 23.7 Å². The van der Waals surface area contributed by atoms with Crippen molar-refractivity contribution in [3.05, 3.63) is 0 Å². The van der Waals surface area contributed by atoms with Gasteiger partial charge in [-0.1, -0.05) is 38.5 Å².